The van der Waals surface area contributed by atoms with Gasteiger partial charge in [-0.05, 0) is 49.7 Å². The molecule has 0 bridgehead atoms. The largest absolute Gasteiger partial charge is 0.382 e. The van der Waals surface area contributed by atoms with Gasteiger partial charge >= 0.3 is 7.60 Å². The molecule has 4 N–H and O–H groups in total. The molecule has 1 aliphatic rings. The van der Waals surface area contributed by atoms with Gasteiger partial charge in [-0.15, -0.1) is 0 Å². The summed E-state index contributed by atoms with van der Waals surface area (Å²) in [6, 6.07) is 6.61. The Morgan fingerprint density at radius 1 is 0.741 bits per heavy atom. The summed E-state index contributed by atoms with van der Waals surface area (Å²) in [5.74, 6) is -1.14. The fourth-order valence-electron chi connectivity index (χ4n) is 6.06. The summed E-state index contributed by atoms with van der Waals surface area (Å²) < 4.78 is 49.3. The number of rotatable bonds is 33. The average Bonchev–Trinajstić information content (AvgIpc) is 3.20. The number of methoxy groups -OCH3 is 3. The van der Waals surface area contributed by atoms with E-state index in [1.165, 1.54) is 0 Å². The van der Waals surface area contributed by atoms with Gasteiger partial charge in [-0.25, -0.2) is 0 Å². The number of carbonyl (C=O) groups is 4. The van der Waals surface area contributed by atoms with E-state index in [1.54, 1.807) is 40.1 Å². The van der Waals surface area contributed by atoms with Gasteiger partial charge in [0.25, 0.3) is 0 Å². The van der Waals surface area contributed by atoms with Gasteiger partial charge in [-0.2, -0.15) is 0 Å². The van der Waals surface area contributed by atoms with Crippen LogP contribution < -0.4 is 16.0 Å². The zero-order valence-corrected chi connectivity index (χ0v) is 36.1. The maximum atomic E-state index is 13.9. The Labute approximate surface area is 344 Å². The van der Waals surface area contributed by atoms with Crippen molar-refractivity contribution in [3.63, 3.8) is 0 Å². The molecule has 0 spiro atoms. The van der Waals surface area contributed by atoms with Crippen LogP contribution >= 0.6 is 7.60 Å². The van der Waals surface area contributed by atoms with Crippen LogP contribution in [0.2, 0.25) is 0 Å². The minimum absolute atomic E-state index is 0.0804. The van der Waals surface area contributed by atoms with Crippen LogP contribution in [0.25, 0.3) is 0 Å². The third-order valence-electron chi connectivity index (χ3n) is 9.54. The second-order valence-electron chi connectivity index (χ2n) is 14.5. The molecule has 1 fully saturated rings. The predicted molar refractivity (Wildman–Crippen MR) is 217 cm³/mol. The van der Waals surface area contributed by atoms with Gasteiger partial charge in [0.05, 0.1) is 83.7 Å². The summed E-state index contributed by atoms with van der Waals surface area (Å²) in [6.45, 7) is 7.13. The lowest BCUT2D eigenvalue weighted by molar-refractivity contribution is -0.131. The highest BCUT2D eigenvalue weighted by Gasteiger charge is 2.33. The molecule has 2 atom stereocenters. The number of benzene rings is 1. The smallest absolute Gasteiger partial charge is 0.330 e. The molecule has 1 aromatic rings. The topological polar surface area (TPSA) is 210 Å². The normalized spacial score (nSPS) is 17.2. The minimum Gasteiger partial charge on any atom is -0.382 e. The predicted octanol–water partition coefficient (Wildman–Crippen LogP) is 2.26. The van der Waals surface area contributed by atoms with Crippen LogP contribution in [0.5, 0.6) is 0 Å². The molecule has 1 aromatic carbocycles. The van der Waals surface area contributed by atoms with E-state index < -0.39 is 19.3 Å². The van der Waals surface area contributed by atoms with Crippen LogP contribution in [0.4, 0.5) is 0 Å². The van der Waals surface area contributed by atoms with Crippen molar-refractivity contribution in [2.24, 2.45) is 5.92 Å². The van der Waals surface area contributed by atoms with Crippen LogP contribution in [-0.2, 0) is 69.7 Å². The summed E-state index contributed by atoms with van der Waals surface area (Å²) in [5, 5.41) is 8.73. The van der Waals surface area contributed by atoms with Crippen molar-refractivity contribution in [3.8, 4) is 0 Å². The molecule has 0 saturated heterocycles. The molecule has 0 radical (unpaired) electrons. The second kappa shape index (κ2) is 30.2. The SMILES string of the molecule is COCCOCCCC(=O)CN(CC(=O)NCCOCCOC)[C@@H](Cc1ccc(CNC(=O)C2CCC(OP(=O)(O)C(C)C)CC2)cc1)C(=O)NCCOCCOC. The van der Waals surface area contributed by atoms with Crippen molar-refractivity contribution in [1.82, 2.24) is 20.9 Å². The number of nitrogens with zero attached hydrogens (tertiary/aromatic N) is 1. The maximum absolute atomic E-state index is 13.9. The molecule has 332 valence electrons. The minimum atomic E-state index is -3.68. The molecule has 2 rings (SSSR count). The van der Waals surface area contributed by atoms with Gasteiger partial charge in [0, 0.05) is 59.9 Å². The Kier molecular flexibility index (Phi) is 26.7. The Morgan fingerprint density at radius 2 is 1.29 bits per heavy atom. The number of hydrogen-bond donors (Lipinski definition) is 4. The highest BCUT2D eigenvalue weighted by molar-refractivity contribution is 7.53. The summed E-state index contributed by atoms with van der Waals surface area (Å²) in [7, 11) is 1.06. The van der Waals surface area contributed by atoms with Crippen LogP contribution in [0.15, 0.2) is 24.3 Å². The van der Waals surface area contributed by atoms with Crippen LogP contribution in [0.3, 0.4) is 0 Å². The summed E-state index contributed by atoms with van der Waals surface area (Å²) >= 11 is 0. The lowest BCUT2D eigenvalue weighted by Crippen LogP contribution is -2.53. The van der Waals surface area contributed by atoms with E-state index in [0.29, 0.717) is 84.9 Å². The number of ether oxygens (including phenoxy) is 6. The molecule has 0 aromatic heterocycles. The summed E-state index contributed by atoms with van der Waals surface area (Å²) in [4.78, 5) is 65.1. The molecule has 0 heterocycles. The van der Waals surface area contributed by atoms with Crippen molar-refractivity contribution < 1.29 is 61.6 Å². The standard InChI is InChI=1S/C40H69N4O13P/c1-31(2)58(49,50)57-36-14-12-34(13-15-36)39(47)43-28-33-10-8-32(9-11-33)27-37(40(48)42-17-20-56-26-23-53-5)44(29-35(45)7-6-18-54-24-21-51-3)30-38(46)41-16-19-55-25-22-52-4/h8-11,31,34,36-37H,6-7,12-30H2,1-5H3,(H,41,46)(H,42,48)(H,43,47)(H,49,50)/t34?,36?,37-/m0/s1. The highest BCUT2D eigenvalue weighted by atomic mass is 31.2. The Hall–Kier alpha value is -2.83. The van der Waals surface area contributed by atoms with Gasteiger partial charge in [-0.3, -0.25) is 28.6 Å². The van der Waals surface area contributed by atoms with E-state index in [4.69, 9.17) is 32.9 Å². The average molecular weight is 845 g/mol. The molecule has 1 aliphatic carbocycles. The summed E-state index contributed by atoms with van der Waals surface area (Å²) in [5.41, 5.74) is 1.17. The third kappa shape index (κ3) is 22.0. The van der Waals surface area contributed by atoms with Crippen molar-refractivity contribution in [2.45, 2.75) is 83.1 Å². The first-order valence-electron chi connectivity index (χ1n) is 20.3. The molecule has 58 heavy (non-hydrogen) atoms. The Bertz CT molecular complexity index is 1330. The first kappa shape index (κ1) is 51.3. The number of amides is 3. The molecule has 18 heteroatoms. The van der Waals surface area contributed by atoms with Gasteiger partial charge in [-0.1, -0.05) is 38.1 Å². The van der Waals surface area contributed by atoms with Crippen LogP contribution in [0, 0.1) is 5.92 Å². The number of carbonyl (C=O) groups excluding carboxylic acids is 4. The molecular weight excluding hydrogens is 775 g/mol. The third-order valence-corrected chi connectivity index (χ3v) is 11.4. The van der Waals surface area contributed by atoms with Crippen molar-refractivity contribution in [1.29, 1.82) is 0 Å². The molecular formula is C40H69N4O13P. The zero-order valence-electron chi connectivity index (χ0n) is 35.2. The first-order valence-corrected chi connectivity index (χ1v) is 21.9. The number of ketones is 1. The zero-order chi connectivity index (χ0) is 42.6. The fourth-order valence-corrected chi connectivity index (χ4v) is 6.94. The monoisotopic (exact) mass is 844 g/mol. The Balaban J connectivity index is 2.13. The Morgan fingerprint density at radius 3 is 1.86 bits per heavy atom. The van der Waals surface area contributed by atoms with Gasteiger partial charge in [0.1, 0.15) is 5.78 Å². The summed E-state index contributed by atoms with van der Waals surface area (Å²) in [6.07, 6.45) is 2.76. The lowest BCUT2D eigenvalue weighted by Gasteiger charge is -2.30. The molecule has 1 saturated carbocycles. The van der Waals surface area contributed by atoms with Crippen molar-refractivity contribution in [3.05, 3.63) is 35.4 Å². The van der Waals surface area contributed by atoms with E-state index in [2.05, 4.69) is 16.0 Å². The van der Waals surface area contributed by atoms with E-state index >= 15 is 0 Å². The number of nitrogens with one attached hydrogen (secondary N) is 3. The van der Waals surface area contributed by atoms with Crippen LogP contribution in [-0.4, -0.2) is 158 Å². The lowest BCUT2D eigenvalue weighted by atomic mass is 9.87. The molecule has 0 aliphatic heterocycles. The molecule has 17 nitrogen and oxygen atoms in total. The number of Topliss-reactive ketones (excluding diaryl/α,β-unsaturated/α-hetero) is 1. The quantitative estimate of drug-likeness (QED) is 0.0592. The molecule has 1 unspecified atom stereocenters. The first-order chi connectivity index (χ1) is 27.9. The second-order valence-corrected chi connectivity index (χ2v) is 16.9. The number of hydrogen-bond acceptors (Lipinski definition) is 13. The maximum Gasteiger partial charge on any atom is 0.330 e. The fraction of sp³-hybridized carbons (Fsp3) is 0.750. The van der Waals surface area contributed by atoms with Gasteiger partial charge in [0.15, 0.2) is 0 Å². The van der Waals surface area contributed by atoms with Crippen molar-refractivity contribution >= 4 is 31.1 Å². The van der Waals surface area contributed by atoms with Crippen LogP contribution in [0.1, 0.15) is 63.5 Å². The van der Waals surface area contributed by atoms with E-state index in [0.717, 1.165) is 11.1 Å². The molecule has 3 amide bonds. The van der Waals surface area contributed by atoms with Crippen molar-refractivity contribution in [2.75, 3.05) is 107 Å². The van der Waals surface area contributed by atoms with E-state index in [-0.39, 0.29) is 87.8 Å². The van der Waals surface area contributed by atoms with E-state index in [1.807, 2.05) is 24.3 Å². The highest BCUT2D eigenvalue weighted by Crippen LogP contribution is 2.50. The van der Waals surface area contributed by atoms with E-state index in [9.17, 15) is 28.6 Å². The van der Waals surface area contributed by atoms with Gasteiger partial charge < -0.3 is 53.8 Å². The van der Waals surface area contributed by atoms with Gasteiger partial charge in [0.2, 0.25) is 17.7 Å².